The Morgan fingerprint density at radius 1 is 0.745 bits per heavy atom. The van der Waals surface area contributed by atoms with E-state index >= 15 is 0 Å². The predicted molar refractivity (Wildman–Crippen MR) is 208 cm³/mol. The van der Waals surface area contributed by atoms with E-state index in [2.05, 4.69) is 73.0 Å². The lowest BCUT2D eigenvalue weighted by Gasteiger charge is -2.22. The van der Waals surface area contributed by atoms with Crippen molar-refractivity contribution in [3.8, 4) is 28.7 Å². The number of ether oxygens (including phenoxy) is 1. The summed E-state index contributed by atoms with van der Waals surface area (Å²) in [5, 5.41) is 2.23. The van der Waals surface area contributed by atoms with Gasteiger partial charge in [-0.3, -0.25) is 18.7 Å². The fraction of sp³-hybridized carbons (Fsp3) is 0.311. The first-order valence-corrected chi connectivity index (χ1v) is 17.5. The molecule has 0 atom stereocenters. The lowest BCUT2D eigenvalue weighted by atomic mass is 9.84. The molecule has 6 heteroatoms. The van der Waals surface area contributed by atoms with Crippen molar-refractivity contribution in [2.24, 2.45) is 10.8 Å². The lowest BCUT2D eigenvalue weighted by molar-refractivity contribution is -0.599. The lowest BCUT2D eigenvalue weighted by Crippen LogP contribution is -2.29. The summed E-state index contributed by atoms with van der Waals surface area (Å²) in [7, 11) is 0. The number of benzene rings is 3. The third-order valence-electron chi connectivity index (χ3n) is 8.51. The Hall–Kier alpha value is -5.23. The minimum Gasteiger partial charge on any atom is -0.456 e. The van der Waals surface area contributed by atoms with Crippen LogP contribution in [0.2, 0.25) is 0 Å². The number of imidazole rings is 1. The Kier molecular flexibility index (Phi) is 7.42. The molecule has 7 aromatic rings. The second kappa shape index (κ2) is 12.8. The van der Waals surface area contributed by atoms with Crippen molar-refractivity contribution in [2.75, 3.05) is 0 Å². The van der Waals surface area contributed by atoms with Gasteiger partial charge in [0.1, 0.15) is 17.3 Å². The van der Waals surface area contributed by atoms with Gasteiger partial charge in [0.25, 0.3) is 6.33 Å². The van der Waals surface area contributed by atoms with Crippen molar-refractivity contribution in [2.45, 2.75) is 80.5 Å². The van der Waals surface area contributed by atoms with Crippen LogP contribution in [0.4, 0.5) is 0 Å². The molecule has 4 aromatic heterocycles. The number of nitrogens with zero attached hydrogens (tertiary/aromatic N) is 5. The van der Waals surface area contributed by atoms with Crippen LogP contribution in [0.5, 0.6) is 11.5 Å². The summed E-state index contributed by atoms with van der Waals surface area (Å²) < 4.78 is 48.4. The highest BCUT2D eigenvalue weighted by Gasteiger charge is 2.19. The van der Waals surface area contributed by atoms with Crippen LogP contribution >= 0.6 is 0 Å². The molecule has 0 fully saturated rings. The molecule has 0 unspecified atom stereocenters. The summed E-state index contributed by atoms with van der Waals surface area (Å²) in [5.74, 6) is 2.04. The molecule has 0 saturated carbocycles. The fourth-order valence-corrected chi connectivity index (χ4v) is 6.36. The second-order valence-electron chi connectivity index (χ2n) is 16.3. The van der Waals surface area contributed by atoms with Crippen LogP contribution in [-0.2, 0) is 18.2 Å². The van der Waals surface area contributed by atoms with Gasteiger partial charge in [-0.1, -0.05) is 97.7 Å². The number of aromatic nitrogens is 5. The predicted octanol–water partition coefficient (Wildman–Crippen LogP) is 10.7. The fourth-order valence-electron chi connectivity index (χ4n) is 6.36. The number of hydrogen-bond donors (Lipinski definition) is 0. The molecular weight excluding hydrogens is 627 g/mol. The Labute approximate surface area is 308 Å². The van der Waals surface area contributed by atoms with Crippen LogP contribution in [0, 0.1) is 17.2 Å². The van der Waals surface area contributed by atoms with Crippen LogP contribution in [0.3, 0.4) is 0 Å². The van der Waals surface area contributed by atoms with Gasteiger partial charge >= 0.3 is 0 Å². The van der Waals surface area contributed by atoms with E-state index in [9.17, 15) is 0 Å². The molecule has 0 amide bonds. The molecule has 0 bridgehead atoms. The number of pyridine rings is 2. The van der Waals surface area contributed by atoms with E-state index in [-0.39, 0.29) is 5.41 Å². The normalized spacial score (nSPS) is 14.3. The Morgan fingerprint density at radius 2 is 1.45 bits per heavy atom. The van der Waals surface area contributed by atoms with Gasteiger partial charge in [0.2, 0.25) is 0 Å². The second-order valence-corrected chi connectivity index (χ2v) is 16.3. The van der Waals surface area contributed by atoms with Crippen LogP contribution in [-0.4, -0.2) is 19.1 Å². The highest BCUT2D eigenvalue weighted by molar-refractivity contribution is 6.09. The molecular formula is C45H49N5O. The van der Waals surface area contributed by atoms with Gasteiger partial charge in [-0.15, -0.1) is 0 Å². The monoisotopic (exact) mass is 679 g/mol. The Bertz CT molecular complexity index is 2500. The first-order valence-electron chi connectivity index (χ1n) is 19.5. The van der Waals surface area contributed by atoms with Crippen LogP contribution < -0.4 is 9.30 Å². The maximum absolute atomic E-state index is 9.04. The van der Waals surface area contributed by atoms with E-state index in [0.717, 1.165) is 27.6 Å². The summed E-state index contributed by atoms with van der Waals surface area (Å²) in [4.78, 5) is 9.29. The highest BCUT2D eigenvalue weighted by Crippen LogP contribution is 2.36. The molecule has 7 rings (SSSR count). The maximum Gasteiger partial charge on any atom is 0.268 e. The molecule has 4 heterocycles. The Balaban J connectivity index is 1.24. The third kappa shape index (κ3) is 7.61. The van der Waals surface area contributed by atoms with Gasteiger partial charge < -0.3 is 4.74 Å². The van der Waals surface area contributed by atoms with Gasteiger partial charge in [-0.25, -0.2) is 4.98 Å². The molecule has 0 aliphatic carbocycles. The average Bonchev–Trinajstić information content (AvgIpc) is 3.74. The van der Waals surface area contributed by atoms with Crippen molar-refractivity contribution < 1.29 is 14.8 Å². The van der Waals surface area contributed by atoms with Crippen LogP contribution in [0.1, 0.15) is 84.5 Å². The van der Waals surface area contributed by atoms with Crippen molar-refractivity contribution in [1.29, 1.82) is 0 Å². The number of fused-ring (bicyclic) bond motifs is 3. The van der Waals surface area contributed by atoms with Gasteiger partial charge in [0.15, 0.2) is 0 Å². The number of rotatable bonds is 7. The van der Waals surface area contributed by atoms with E-state index in [0.29, 0.717) is 34.0 Å². The minimum atomic E-state index is -1.73. The van der Waals surface area contributed by atoms with Crippen molar-refractivity contribution in [1.82, 2.24) is 19.1 Å². The molecule has 0 N–H and O–H groups in total. The zero-order valence-corrected chi connectivity index (χ0v) is 31.0. The van der Waals surface area contributed by atoms with Gasteiger partial charge in [0, 0.05) is 47.1 Å². The quantitative estimate of drug-likeness (QED) is 0.124. The summed E-state index contributed by atoms with van der Waals surface area (Å²) in [5.41, 5.74) is 3.92. The first kappa shape index (κ1) is 29.5. The number of hydrogen-bond acceptors (Lipinski definition) is 3. The van der Waals surface area contributed by atoms with E-state index in [1.165, 1.54) is 5.56 Å². The summed E-state index contributed by atoms with van der Waals surface area (Å²) in [6.45, 7) is 17.8. The van der Waals surface area contributed by atoms with Crippen molar-refractivity contribution in [3.63, 3.8) is 0 Å². The Morgan fingerprint density at radius 3 is 2.16 bits per heavy atom. The summed E-state index contributed by atoms with van der Waals surface area (Å²) >= 11 is 0. The van der Waals surface area contributed by atoms with E-state index in [1.54, 1.807) is 39.7 Å². The molecule has 6 nitrogen and oxygen atoms in total. The van der Waals surface area contributed by atoms with Crippen LogP contribution in [0.25, 0.3) is 39.0 Å². The van der Waals surface area contributed by atoms with Gasteiger partial charge in [-0.05, 0) is 83.1 Å². The largest absolute Gasteiger partial charge is 0.456 e. The molecule has 0 aliphatic heterocycles. The molecule has 0 saturated heterocycles. The average molecular weight is 680 g/mol. The summed E-state index contributed by atoms with van der Waals surface area (Å²) in [6, 6.07) is 25.8. The van der Waals surface area contributed by atoms with E-state index in [4.69, 9.17) is 15.2 Å². The standard InChI is InChI=1S/C45H49N5O/c1-43(2,3)26-31-20-32(27-44(4,5)6)22-34(21-31)48-18-19-49(30-48)35-24-37(29-46-28-35)51-36-14-15-39-38-12-10-11-13-40(38)50(41(39)25-36)42-23-33(16-17-47-42)45(7,8)9/h10-25,28-29H,26-27H2,1-9H3/i26D2,27D2. The third-order valence-corrected chi connectivity index (χ3v) is 8.51. The minimum absolute atomic E-state index is 0.0315. The van der Waals surface area contributed by atoms with Gasteiger partial charge in [-0.2, -0.15) is 0 Å². The van der Waals surface area contributed by atoms with Gasteiger partial charge in [0.05, 0.1) is 28.6 Å². The van der Waals surface area contributed by atoms with Crippen molar-refractivity contribution >= 4 is 21.8 Å². The molecule has 0 aliphatic rings. The smallest absolute Gasteiger partial charge is 0.268 e. The molecule has 0 radical (unpaired) electrons. The zero-order valence-electron chi connectivity index (χ0n) is 35.0. The first-order chi connectivity index (χ1) is 25.6. The zero-order chi connectivity index (χ0) is 39.7. The van der Waals surface area contributed by atoms with Crippen molar-refractivity contribution in [3.05, 3.63) is 133 Å². The molecule has 3 aromatic carbocycles. The van der Waals surface area contributed by atoms with Crippen LogP contribution in [0.15, 0.2) is 110 Å². The molecule has 51 heavy (non-hydrogen) atoms. The highest BCUT2D eigenvalue weighted by atomic mass is 16.5. The van der Waals surface area contributed by atoms with E-state index < -0.39 is 23.6 Å². The summed E-state index contributed by atoms with van der Waals surface area (Å²) in [6.07, 6.45) is 8.82. The maximum atomic E-state index is 9.04. The SMILES string of the molecule is [2H]C([2H])(c1cc(-[n+]2[c-]n(-c3cncc(Oc4ccc5c6ccccc6n(-c6cc(C(C)(C)C)ccn6)c5c4)c3)cc2)cc(C([2H])([2H])C(C)(C)C)c1)C(C)(C)C. The topological polar surface area (TPSA) is 48.8 Å². The van der Waals surface area contributed by atoms with E-state index in [1.807, 2.05) is 84.4 Å². The number of para-hydroxylation sites is 1. The molecule has 260 valence electrons. The molecule has 0 spiro atoms.